The minimum atomic E-state index is -1.32. The van der Waals surface area contributed by atoms with Crippen LogP contribution in [0.4, 0.5) is 0 Å². The van der Waals surface area contributed by atoms with Crippen LogP contribution in [-0.4, -0.2) is 70.2 Å². The Balaban J connectivity index is 0.000000373. The van der Waals surface area contributed by atoms with E-state index in [1.54, 1.807) is 14.2 Å². The number of carbonyl (C=O) groups excluding carboxylic acids is 2. The van der Waals surface area contributed by atoms with Crippen molar-refractivity contribution in [2.24, 2.45) is 0 Å². The molecule has 0 amide bonds. The molecule has 0 aromatic heterocycles. The Morgan fingerprint density at radius 1 is 0.522 bits per heavy atom. The van der Waals surface area contributed by atoms with Gasteiger partial charge in [-0.1, -0.05) is 165 Å². The van der Waals surface area contributed by atoms with Crippen molar-refractivity contribution in [3.8, 4) is 33.8 Å². The molecule has 0 aliphatic carbocycles. The van der Waals surface area contributed by atoms with E-state index in [-0.39, 0.29) is 62.0 Å². The second-order valence-corrected chi connectivity index (χ2v) is 15.1. The van der Waals surface area contributed by atoms with Crippen LogP contribution in [0, 0.1) is 13.0 Å². The molecule has 0 spiro atoms. The van der Waals surface area contributed by atoms with Gasteiger partial charge in [-0.2, -0.15) is 46.0 Å². The minimum absolute atomic E-state index is 0. The Labute approximate surface area is 436 Å². The van der Waals surface area contributed by atoms with Gasteiger partial charge in [0.25, 0.3) is 0 Å². The molecule has 1 aliphatic heterocycles. The Hall–Kier alpha value is -6.29. The zero-order valence-corrected chi connectivity index (χ0v) is 41.7. The van der Waals surface area contributed by atoms with E-state index in [1.807, 2.05) is 121 Å². The van der Waals surface area contributed by atoms with Crippen LogP contribution < -0.4 is 26.5 Å². The molecular weight excluding hydrogens is 932 g/mol. The van der Waals surface area contributed by atoms with Crippen molar-refractivity contribution < 1.29 is 45.9 Å². The fourth-order valence-electron chi connectivity index (χ4n) is 7.79. The number of fused-ring (bicyclic) bond motifs is 2. The fraction of sp³-hybridized carbons (Fsp3) is 0.150. The van der Waals surface area contributed by atoms with E-state index in [4.69, 9.17) is 23.8 Å². The summed E-state index contributed by atoms with van der Waals surface area (Å²) in [6, 6.07) is 73.7. The number of hydrogen-bond acceptors (Lipinski definition) is 6. The van der Waals surface area contributed by atoms with E-state index in [0.717, 1.165) is 68.9 Å². The van der Waals surface area contributed by atoms with Gasteiger partial charge in [-0.3, -0.25) is 0 Å². The summed E-state index contributed by atoms with van der Waals surface area (Å²) in [5.41, 5.74) is 6.65. The van der Waals surface area contributed by atoms with E-state index < -0.39 is 5.60 Å². The fourth-order valence-corrected chi connectivity index (χ4v) is 7.79. The van der Waals surface area contributed by atoms with Gasteiger partial charge in [-0.25, -0.2) is 0 Å². The van der Waals surface area contributed by atoms with E-state index in [0.29, 0.717) is 0 Å². The van der Waals surface area contributed by atoms with Crippen LogP contribution in [0.2, 0.25) is 0 Å². The van der Waals surface area contributed by atoms with Crippen LogP contribution in [0.15, 0.2) is 212 Å². The van der Waals surface area contributed by atoms with Crippen molar-refractivity contribution in [3.63, 3.8) is 0 Å². The predicted octanol–water partition coefficient (Wildman–Crippen LogP) is 10.2. The molecule has 0 unspecified atom stereocenters. The van der Waals surface area contributed by atoms with Gasteiger partial charge in [-0.05, 0) is 93.4 Å². The average Bonchev–Trinajstić information content (AvgIpc) is 3.98. The number of halogens is 1. The molecule has 9 heteroatoms. The summed E-state index contributed by atoms with van der Waals surface area (Å²) in [7, 11) is 3.42. The second-order valence-electron chi connectivity index (χ2n) is 15.1. The number of benzene rings is 9. The third kappa shape index (κ3) is 15.6. The van der Waals surface area contributed by atoms with Crippen molar-refractivity contribution in [3.05, 3.63) is 241 Å². The summed E-state index contributed by atoms with van der Waals surface area (Å²) in [4.78, 5) is 16.2. The van der Waals surface area contributed by atoms with Crippen LogP contribution in [0.5, 0.6) is 11.5 Å². The van der Waals surface area contributed by atoms with Gasteiger partial charge in [0.15, 0.2) is 0 Å². The molecule has 1 aliphatic rings. The monoisotopic (exact) mass is 987 g/mol. The molecule has 1 N–H and O–H groups in total. The smallest absolute Gasteiger partial charge is 1.00 e. The third-order valence-electron chi connectivity index (χ3n) is 11.0. The molecule has 0 saturated carbocycles. The van der Waals surface area contributed by atoms with Gasteiger partial charge in [0.05, 0.1) is 14.2 Å². The number of ether oxygens (including phenoxy) is 3. The van der Waals surface area contributed by atoms with E-state index in [2.05, 4.69) is 104 Å². The van der Waals surface area contributed by atoms with Gasteiger partial charge in [0.2, 0.25) is 0 Å². The van der Waals surface area contributed by atoms with Gasteiger partial charge in [0.1, 0.15) is 17.1 Å². The Morgan fingerprint density at radius 2 is 0.884 bits per heavy atom. The van der Waals surface area contributed by atoms with Crippen LogP contribution in [0.1, 0.15) is 42.5 Å². The standard InChI is InChI=1S/C30H24O2.C18H16O.C6H5.C4H8O.CO2.CH4.B.BrH.Mg/c1-32-29-21-23-13-9-8-12-22(23)20-27(29)26-18-10-11-19-28(26)30(31,24-14-4-2-5-15-24)25-16-6-3-7-17-25;1-13-7-3-6-10-16(13)17-11-14-8-4-5-9-15(14)12-18(17)19-2;1-2-4-6-5-3-1;1-2-4-5-3-1;2-1-3;;;;/h2-21,31H,1H3;3-12H,1-2H3;1-5H;1-4H2;;1H4;;1H;/q;;-1;;;;;;+2/p-1. The normalized spacial score (nSPS) is 10.8. The summed E-state index contributed by atoms with van der Waals surface area (Å²) in [6.45, 7) is 4.13. The molecule has 1 saturated heterocycles. The molecule has 0 atom stereocenters. The largest absolute Gasteiger partial charge is 2.00 e. The molecule has 9 aromatic rings. The zero-order chi connectivity index (χ0) is 45.7. The van der Waals surface area contributed by atoms with Crippen molar-refractivity contribution in [2.45, 2.75) is 32.8 Å². The maximum Gasteiger partial charge on any atom is 2.00 e. The predicted molar refractivity (Wildman–Crippen MR) is 280 cm³/mol. The summed E-state index contributed by atoms with van der Waals surface area (Å²) >= 11 is 0. The Bertz CT molecular complexity index is 2820. The van der Waals surface area contributed by atoms with Gasteiger partial charge in [-0.15, -0.1) is 0 Å². The number of aryl methyl sites for hydroxylation is 1. The SMILES string of the molecule is C.C1CCOC1.COc1cc2ccccc2cc1-c1ccccc1C.COc1cc2ccccc2cc1-c1ccccc1C(O)(c1ccccc1)c1ccccc1.O=C=O.[B].[Br-].[Mg+2].[c-]1ccccc1. The van der Waals surface area contributed by atoms with Crippen molar-refractivity contribution in [2.75, 3.05) is 27.4 Å². The molecular formula is C60H57BBrMgO6. The van der Waals surface area contributed by atoms with Crippen LogP contribution >= 0.6 is 0 Å². The average molecular weight is 989 g/mol. The first-order valence-corrected chi connectivity index (χ1v) is 21.5. The van der Waals surface area contributed by atoms with Crippen LogP contribution in [-0.2, 0) is 19.9 Å². The van der Waals surface area contributed by atoms with Crippen molar-refractivity contribution >= 4 is 59.2 Å². The van der Waals surface area contributed by atoms with Gasteiger partial charge < -0.3 is 36.3 Å². The third-order valence-corrected chi connectivity index (χ3v) is 11.0. The number of aliphatic hydroxyl groups is 1. The molecule has 3 radical (unpaired) electrons. The van der Waals surface area contributed by atoms with Crippen LogP contribution in [0.3, 0.4) is 0 Å². The summed E-state index contributed by atoms with van der Waals surface area (Å²) in [5, 5.41) is 17.1. The number of rotatable bonds is 7. The second kappa shape index (κ2) is 31.0. The molecule has 9 aromatic carbocycles. The summed E-state index contributed by atoms with van der Waals surface area (Å²) in [6.07, 6.45) is 2.81. The first-order chi connectivity index (χ1) is 31.9. The van der Waals surface area contributed by atoms with E-state index in [9.17, 15) is 5.11 Å². The molecule has 345 valence electrons. The first kappa shape index (κ1) is 58.8. The maximum atomic E-state index is 12.4. The van der Waals surface area contributed by atoms with E-state index >= 15 is 0 Å². The summed E-state index contributed by atoms with van der Waals surface area (Å²) in [5.74, 6) is 1.70. The number of hydrogen-bond donors (Lipinski definition) is 1. The minimum Gasteiger partial charge on any atom is -1.00 e. The van der Waals surface area contributed by atoms with E-state index in [1.165, 1.54) is 34.7 Å². The van der Waals surface area contributed by atoms with Gasteiger partial charge in [0, 0.05) is 38.3 Å². The zero-order valence-electron chi connectivity index (χ0n) is 38.7. The molecule has 0 bridgehead atoms. The Morgan fingerprint density at radius 3 is 1.26 bits per heavy atom. The molecule has 1 heterocycles. The molecule has 69 heavy (non-hydrogen) atoms. The van der Waals surface area contributed by atoms with Crippen LogP contribution in [0.25, 0.3) is 43.8 Å². The maximum absolute atomic E-state index is 12.4. The van der Waals surface area contributed by atoms with Gasteiger partial charge >= 0.3 is 29.2 Å². The Kier molecular flexibility index (Phi) is 26.4. The molecule has 1 fully saturated rings. The molecule has 6 nitrogen and oxygen atoms in total. The first-order valence-electron chi connectivity index (χ1n) is 21.5. The molecule has 10 rings (SSSR count). The quantitative estimate of drug-likeness (QED) is 0.0974. The van der Waals surface area contributed by atoms with Crippen molar-refractivity contribution in [1.29, 1.82) is 0 Å². The van der Waals surface area contributed by atoms with Crippen molar-refractivity contribution in [1.82, 2.24) is 0 Å². The summed E-state index contributed by atoms with van der Waals surface area (Å²) < 4.78 is 16.3. The number of methoxy groups -OCH3 is 2. The topological polar surface area (TPSA) is 82.1 Å².